The Morgan fingerprint density at radius 2 is 1.89 bits per heavy atom. The van der Waals surface area contributed by atoms with Crippen LogP contribution in [0.4, 0.5) is 5.00 Å². The van der Waals surface area contributed by atoms with Gasteiger partial charge in [0.2, 0.25) is 10.0 Å². The van der Waals surface area contributed by atoms with Gasteiger partial charge in [-0.15, -0.1) is 11.3 Å². The van der Waals surface area contributed by atoms with E-state index in [0.29, 0.717) is 0 Å². The lowest BCUT2D eigenvalue weighted by Crippen LogP contribution is -2.21. The van der Waals surface area contributed by atoms with Crippen LogP contribution in [0.25, 0.3) is 0 Å². The highest BCUT2D eigenvalue weighted by molar-refractivity contribution is 7.95. The largest absolute Gasteiger partial charge is 0.477 e. The maximum absolute atomic E-state index is 11.5. The van der Waals surface area contributed by atoms with E-state index in [1.165, 1.54) is 12.1 Å². The Morgan fingerprint density at radius 1 is 1.28 bits per heavy atom. The number of nitrogens with one attached hydrogen (secondary N) is 1. The number of carbonyl (C=O) groups is 1. The van der Waals surface area contributed by atoms with Gasteiger partial charge in [-0.05, 0) is 12.1 Å². The molecule has 0 fully saturated rings. The molecule has 0 aliphatic carbocycles. The second kappa shape index (κ2) is 5.24. The summed E-state index contributed by atoms with van der Waals surface area (Å²) in [6, 6.07) is 2.58. The smallest absolute Gasteiger partial charge is 0.345 e. The average molecular weight is 313 g/mol. The molecule has 2 N–H and O–H groups in total. The quantitative estimate of drug-likeness (QED) is 0.776. The first-order valence-electron chi connectivity index (χ1n) is 4.60. The summed E-state index contributed by atoms with van der Waals surface area (Å²) in [7, 11) is -7.16. The van der Waals surface area contributed by atoms with Crippen LogP contribution in [0.2, 0.25) is 0 Å². The summed E-state index contributed by atoms with van der Waals surface area (Å²) in [6.07, 6.45) is 0.941. The average Bonchev–Trinajstić information content (AvgIpc) is 2.62. The van der Waals surface area contributed by atoms with Gasteiger partial charge in [0.05, 0.1) is 11.5 Å². The van der Waals surface area contributed by atoms with Crippen molar-refractivity contribution in [1.29, 1.82) is 0 Å². The van der Waals surface area contributed by atoms with E-state index in [1.54, 1.807) is 0 Å². The van der Waals surface area contributed by atoms with Gasteiger partial charge in [0.1, 0.15) is 19.7 Å². The number of carboxylic acid groups (broad SMARTS) is 1. The van der Waals surface area contributed by atoms with E-state index in [1.807, 2.05) is 0 Å². The van der Waals surface area contributed by atoms with Crippen LogP contribution in [-0.2, 0) is 19.9 Å². The van der Waals surface area contributed by atoms with Crippen molar-refractivity contribution in [2.24, 2.45) is 0 Å². The molecule has 0 bridgehead atoms. The fourth-order valence-electron chi connectivity index (χ4n) is 0.973. The molecule has 0 amide bonds. The molecule has 0 spiro atoms. The highest BCUT2D eigenvalue weighted by atomic mass is 32.2. The highest BCUT2D eigenvalue weighted by Gasteiger charge is 2.16. The summed E-state index contributed by atoms with van der Waals surface area (Å²) < 4.78 is 46.9. The molecular formula is C8H11NO6S3. The summed E-state index contributed by atoms with van der Waals surface area (Å²) in [5.74, 6) is -2.20. The van der Waals surface area contributed by atoms with Crippen LogP contribution in [0.5, 0.6) is 0 Å². The summed E-state index contributed by atoms with van der Waals surface area (Å²) in [6.45, 7) is 0. The van der Waals surface area contributed by atoms with Crippen molar-refractivity contribution in [3.63, 3.8) is 0 Å². The molecule has 0 radical (unpaired) electrons. The zero-order chi connectivity index (χ0) is 14.0. The van der Waals surface area contributed by atoms with Crippen molar-refractivity contribution in [3.8, 4) is 0 Å². The van der Waals surface area contributed by atoms with Crippen LogP contribution >= 0.6 is 11.3 Å². The van der Waals surface area contributed by atoms with Gasteiger partial charge in [-0.25, -0.2) is 21.6 Å². The Balaban J connectivity index is 2.73. The summed E-state index contributed by atoms with van der Waals surface area (Å²) in [4.78, 5) is 10.6. The minimum Gasteiger partial charge on any atom is -0.477 e. The maximum Gasteiger partial charge on any atom is 0.345 e. The number of carboxylic acids is 1. The number of thiophene rings is 1. The predicted molar refractivity (Wildman–Crippen MR) is 68.4 cm³/mol. The molecule has 102 valence electrons. The molecule has 7 nitrogen and oxygen atoms in total. The minimum absolute atomic E-state index is 0.00388. The van der Waals surface area contributed by atoms with Gasteiger partial charge in [0, 0.05) is 6.26 Å². The molecule has 18 heavy (non-hydrogen) atoms. The van der Waals surface area contributed by atoms with Crippen LogP contribution in [-0.4, -0.2) is 45.7 Å². The molecule has 0 aliphatic rings. The standard InChI is InChI=1S/C8H11NO6S3/c1-17(12,13)4-5-18(14,15)9-7-3-2-6(16-7)8(10)11/h2-3,9H,4-5H2,1H3,(H,10,11). The molecule has 10 heteroatoms. The van der Waals surface area contributed by atoms with Gasteiger partial charge < -0.3 is 5.11 Å². The lowest BCUT2D eigenvalue weighted by Gasteiger charge is -2.04. The van der Waals surface area contributed by atoms with Crippen molar-refractivity contribution in [2.45, 2.75) is 0 Å². The van der Waals surface area contributed by atoms with Crippen LogP contribution in [0.1, 0.15) is 9.67 Å². The summed E-state index contributed by atoms with van der Waals surface area (Å²) in [5.41, 5.74) is 0. The van der Waals surface area contributed by atoms with E-state index in [4.69, 9.17) is 5.11 Å². The molecule has 0 aromatic carbocycles. The third-order valence-electron chi connectivity index (χ3n) is 1.80. The number of hydrogen-bond donors (Lipinski definition) is 2. The lowest BCUT2D eigenvalue weighted by atomic mass is 10.5. The van der Waals surface area contributed by atoms with Gasteiger partial charge in [-0.3, -0.25) is 4.72 Å². The third-order valence-corrected chi connectivity index (χ3v) is 5.39. The minimum atomic E-state index is -3.79. The summed E-state index contributed by atoms with van der Waals surface area (Å²) in [5, 5.41) is 8.80. The second-order valence-electron chi connectivity index (χ2n) is 3.52. The molecule has 0 atom stereocenters. The highest BCUT2D eigenvalue weighted by Crippen LogP contribution is 2.22. The molecule has 0 unspecified atom stereocenters. The first-order valence-corrected chi connectivity index (χ1v) is 9.13. The molecule has 1 aromatic rings. The normalized spacial score (nSPS) is 12.3. The SMILES string of the molecule is CS(=O)(=O)CCS(=O)(=O)Nc1ccc(C(=O)O)s1. The number of hydrogen-bond acceptors (Lipinski definition) is 6. The van der Waals surface area contributed by atoms with Crippen LogP contribution in [0.3, 0.4) is 0 Å². The summed E-state index contributed by atoms with van der Waals surface area (Å²) >= 11 is 0.762. The maximum atomic E-state index is 11.5. The predicted octanol–water partition coefficient (Wildman–Crippen LogP) is 0.233. The van der Waals surface area contributed by atoms with Crippen molar-refractivity contribution in [2.75, 3.05) is 22.5 Å². The van der Waals surface area contributed by atoms with Gasteiger partial charge in [-0.1, -0.05) is 0 Å². The van der Waals surface area contributed by atoms with Crippen molar-refractivity contribution in [1.82, 2.24) is 0 Å². The van der Waals surface area contributed by atoms with Gasteiger partial charge in [0.25, 0.3) is 0 Å². The number of sulfonamides is 1. The van der Waals surface area contributed by atoms with E-state index in [-0.39, 0.29) is 9.88 Å². The fraction of sp³-hybridized carbons (Fsp3) is 0.375. The Labute approximate surface area is 108 Å². The number of rotatable bonds is 6. The molecule has 1 aromatic heterocycles. The van der Waals surface area contributed by atoms with E-state index < -0.39 is 37.3 Å². The van der Waals surface area contributed by atoms with Crippen LogP contribution in [0.15, 0.2) is 12.1 Å². The van der Waals surface area contributed by atoms with Crippen molar-refractivity contribution in [3.05, 3.63) is 17.0 Å². The fourth-order valence-corrected chi connectivity index (χ4v) is 4.68. The number of anilines is 1. The second-order valence-corrected chi connectivity index (χ2v) is 8.71. The zero-order valence-electron chi connectivity index (χ0n) is 9.28. The molecule has 0 saturated heterocycles. The molecule has 0 saturated carbocycles. The first kappa shape index (κ1) is 14.9. The van der Waals surface area contributed by atoms with Gasteiger partial charge in [-0.2, -0.15) is 0 Å². The topological polar surface area (TPSA) is 118 Å². The van der Waals surface area contributed by atoms with E-state index in [9.17, 15) is 21.6 Å². The zero-order valence-corrected chi connectivity index (χ0v) is 11.7. The Morgan fingerprint density at radius 3 is 2.33 bits per heavy atom. The van der Waals surface area contributed by atoms with Crippen LogP contribution < -0.4 is 4.72 Å². The van der Waals surface area contributed by atoms with Crippen molar-refractivity contribution >= 4 is 42.2 Å². The van der Waals surface area contributed by atoms with Gasteiger partial charge in [0.15, 0.2) is 0 Å². The number of aromatic carboxylic acids is 1. The Kier molecular flexibility index (Phi) is 4.35. The third kappa shape index (κ3) is 5.02. The number of sulfone groups is 1. The van der Waals surface area contributed by atoms with E-state index >= 15 is 0 Å². The van der Waals surface area contributed by atoms with Crippen LogP contribution in [0, 0.1) is 0 Å². The molecule has 1 heterocycles. The van der Waals surface area contributed by atoms with E-state index in [0.717, 1.165) is 17.6 Å². The van der Waals surface area contributed by atoms with Crippen molar-refractivity contribution < 1.29 is 26.7 Å². The molecule has 0 aliphatic heterocycles. The Hall–Kier alpha value is -1.13. The lowest BCUT2D eigenvalue weighted by molar-refractivity contribution is 0.0702. The first-order chi connectivity index (χ1) is 8.09. The monoisotopic (exact) mass is 313 g/mol. The Bertz CT molecular complexity index is 642. The molecular weight excluding hydrogens is 302 g/mol. The van der Waals surface area contributed by atoms with E-state index in [2.05, 4.69) is 4.72 Å². The van der Waals surface area contributed by atoms with Gasteiger partial charge >= 0.3 is 5.97 Å². The molecule has 1 rings (SSSR count).